The lowest BCUT2D eigenvalue weighted by Gasteiger charge is -2.17. The van der Waals surface area contributed by atoms with E-state index >= 15 is 0 Å². The topological polar surface area (TPSA) is 84.5 Å². The average Bonchev–Trinajstić information content (AvgIpc) is 2.69. The standard InChI is InChI=1S/C21H22N2O4S/c1-14-7-6-10-20(15(14)2)27-16(3)21(24)22-23-28(25,26)19-12-11-17-8-4-5-9-18(17)13-19/h4-13,16,23H,1-3H3,(H,22,24)/t16-/m0/s1. The van der Waals surface area contributed by atoms with Gasteiger partial charge in [0.1, 0.15) is 5.75 Å². The number of fused-ring (bicyclic) bond motifs is 1. The molecule has 0 heterocycles. The number of hydrazine groups is 1. The molecule has 0 unspecified atom stereocenters. The third kappa shape index (κ3) is 4.32. The number of hydrogen-bond donors (Lipinski definition) is 2. The summed E-state index contributed by atoms with van der Waals surface area (Å²) >= 11 is 0. The van der Waals surface area contributed by atoms with Gasteiger partial charge in [0.05, 0.1) is 4.90 Å². The molecule has 0 radical (unpaired) electrons. The first-order valence-corrected chi connectivity index (χ1v) is 10.3. The summed E-state index contributed by atoms with van der Waals surface area (Å²) < 4.78 is 30.7. The largest absolute Gasteiger partial charge is 0.481 e. The number of aryl methyl sites for hydroxylation is 1. The van der Waals surface area contributed by atoms with Gasteiger partial charge in [-0.05, 0) is 60.9 Å². The molecule has 0 fully saturated rings. The molecule has 0 spiro atoms. The first kappa shape index (κ1) is 19.9. The number of benzene rings is 3. The van der Waals surface area contributed by atoms with Crippen molar-refractivity contribution in [3.8, 4) is 5.75 Å². The number of carbonyl (C=O) groups excluding carboxylic acids is 1. The highest BCUT2D eigenvalue weighted by atomic mass is 32.2. The van der Waals surface area contributed by atoms with Gasteiger partial charge in [-0.15, -0.1) is 4.83 Å². The first-order valence-electron chi connectivity index (χ1n) is 8.81. The van der Waals surface area contributed by atoms with E-state index in [1.54, 1.807) is 25.1 Å². The van der Waals surface area contributed by atoms with Gasteiger partial charge in [-0.25, -0.2) is 8.42 Å². The van der Waals surface area contributed by atoms with Crippen LogP contribution in [0.5, 0.6) is 5.75 Å². The van der Waals surface area contributed by atoms with Crippen molar-refractivity contribution in [3.63, 3.8) is 0 Å². The molecule has 3 aromatic carbocycles. The van der Waals surface area contributed by atoms with E-state index in [1.807, 2.05) is 50.2 Å². The van der Waals surface area contributed by atoms with E-state index in [1.165, 1.54) is 6.07 Å². The minimum Gasteiger partial charge on any atom is -0.481 e. The van der Waals surface area contributed by atoms with Gasteiger partial charge in [0.25, 0.3) is 15.9 Å². The van der Waals surface area contributed by atoms with Crippen molar-refractivity contribution in [1.29, 1.82) is 0 Å². The number of nitrogens with one attached hydrogen (secondary N) is 2. The maximum absolute atomic E-state index is 12.5. The monoisotopic (exact) mass is 398 g/mol. The molecule has 0 aliphatic rings. The Hall–Kier alpha value is -2.90. The van der Waals surface area contributed by atoms with Gasteiger partial charge in [0, 0.05) is 0 Å². The Morgan fingerprint density at radius 1 is 0.964 bits per heavy atom. The second-order valence-corrected chi connectivity index (χ2v) is 8.24. The quantitative estimate of drug-likeness (QED) is 0.625. The number of sulfonamides is 1. The predicted molar refractivity (Wildman–Crippen MR) is 108 cm³/mol. The van der Waals surface area contributed by atoms with Crippen LogP contribution in [-0.2, 0) is 14.8 Å². The van der Waals surface area contributed by atoms with E-state index < -0.39 is 22.0 Å². The summed E-state index contributed by atoms with van der Waals surface area (Å²) in [6, 6.07) is 17.8. The molecule has 1 atom stereocenters. The van der Waals surface area contributed by atoms with Crippen LogP contribution in [0.2, 0.25) is 0 Å². The Morgan fingerprint density at radius 2 is 1.68 bits per heavy atom. The molecule has 2 N–H and O–H groups in total. The van der Waals surface area contributed by atoms with Gasteiger partial charge < -0.3 is 4.74 Å². The lowest BCUT2D eigenvalue weighted by molar-refractivity contribution is -0.127. The summed E-state index contributed by atoms with van der Waals surface area (Å²) in [6.07, 6.45) is -0.875. The van der Waals surface area contributed by atoms with Gasteiger partial charge in [-0.3, -0.25) is 10.2 Å². The molecule has 6 nitrogen and oxygen atoms in total. The summed E-state index contributed by atoms with van der Waals surface area (Å²) in [5.41, 5.74) is 4.19. The highest BCUT2D eigenvalue weighted by Gasteiger charge is 2.20. The summed E-state index contributed by atoms with van der Waals surface area (Å²) in [4.78, 5) is 14.5. The first-order chi connectivity index (χ1) is 13.3. The molecule has 0 aliphatic carbocycles. The van der Waals surface area contributed by atoms with Crippen LogP contribution in [0.1, 0.15) is 18.1 Å². The Morgan fingerprint density at radius 3 is 2.43 bits per heavy atom. The molecule has 7 heteroatoms. The number of hydrogen-bond acceptors (Lipinski definition) is 4. The molecule has 0 aromatic heterocycles. The van der Waals surface area contributed by atoms with Gasteiger partial charge in [-0.2, -0.15) is 0 Å². The van der Waals surface area contributed by atoms with Gasteiger partial charge >= 0.3 is 0 Å². The minimum atomic E-state index is -3.91. The summed E-state index contributed by atoms with van der Waals surface area (Å²) in [5.74, 6) is -0.00898. The zero-order chi connectivity index (χ0) is 20.3. The third-order valence-corrected chi connectivity index (χ3v) is 5.81. The van der Waals surface area contributed by atoms with Crippen LogP contribution in [0.25, 0.3) is 10.8 Å². The smallest absolute Gasteiger partial charge is 0.275 e. The van der Waals surface area contributed by atoms with Crippen molar-refractivity contribution in [1.82, 2.24) is 10.3 Å². The fourth-order valence-electron chi connectivity index (χ4n) is 2.71. The highest BCUT2D eigenvalue weighted by molar-refractivity contribution is 7.89. The molecule has 0 saturated heterocycles. The SMILES string of the molecule is Cc1cccc(O[C@@H](C)C(=O)NNS(=O)(=O)c2ccc3ccccc3c2)c1C. The van der Waals surface area contributed by atoms with Crippen molar-refractivity contribution in [2.75, 3.05) is 0 Å². The number of rotatable bonds is 6. The van der Waals surface area contributed by atoms with Crippen molar-refractivity contribution >= 4 is 26.7 Å². The van der Waals surface area contributed by atoms with E-state index in [2.05, 4.69) is 10.3 Å². The average molecular weight is 398 g/mol. The molecule has 1 amide bonds. The predicted octanol–water partition coefficient (Wildman–Crippen LogP) is 3.23. The molecule has 0 aliphatic heterocycles. The van der Waals surface area contributed by atoms with Crippen LogP contribution in [0.3, 0.4) is 0 Å². The Bertz CT molecular complexity index is 1130. The molecule has 28 heavy (non-hydrogen) atoms. The lowest BCUT2D eigenvalue weighted by Crippen LogP contribution is -2.47. The molecule has 146 valence electrons. The van der Waals surface area contributed by atoms with E-state index in [-0.39, 0.29) is 4.90 Å². The summed E-state index contributed by atoms with van der Waals surface area (Å²) in [6.45, 7) is 5.41. The lowest BCUT2D eigenvalue weighted by atomic mass is 10.1. The van der Waals surface area contributed by atoms with E-state index in [4.69, 9.17) is 4.74 Å². The molecule has 3 aromatic rings. The Kier molecular flexibility index (Phi) is 5.67. The van der Waals surface area contributed by atoms with Crippen LogP contribution >= 0.6 is 0 Å². The van der Waals surface area contributed by atoms with E-state index in [9.17, 15) is 13.2 Å². The second-order valence-electron chi connectivity index (χ2n) is 6.56. The Balaban J connectivity index is 1.67. The van der Waals surface area contributed by atoms with Gasteiger partial charge in [-0.1, -0.05) is 42.5 Å². The maximum Gasteiger partial charge on any atom is 0.275 e. The number of carbonyl (C=O) groups is 1. The van der Waals surface area contributed by atoms with Crippen molar-refractivity contribution in [2.45, 2.75) is 31.8 Å². The zero-order valence-corrected chi connectivity index (χ0v) is 16.7. The van der Waals surface area contributed by atoms with E-state index in [0.717, 1.165) is 21.9 Å². The van der Waals surface area contributed by atoms with Crippen LogP contribution in [-0.4, -0.2) is 20.4 Å². The van der Waals surface area contributed by atoms with Gasteiger partial charge in [0.2, 0.25) is 0 Å². The molecule has 0 bridgehead atoms. The van der Waals surface area contributed by atoms with Gasteiger partial charge in [0.15, 0.2) is 6.10 Å². The molecular weight excluding hydrogens is 376 g/mol. The maximum atomic E-state index is 12.5. The van der Waals surface area contributed by atoms with Crippen LogP contribution in [0.4, 0.5) is 0 Å². The number of amides is 1. The Labute approximate surface area is 164 Å². The van der Waals surface area contributed by atoms with Crippen molar-refractivity contribution in [3.05, 3.63) is 71.8 Å². The van der Waals surface area contributed by atoms with Crippen LogP contribution in [0.15, 0.2) is 65.6 Å². The third-order valence-electron chi connectivity index (χ3n) is 4.57. The minimum absolute atomic E-state index is 0.0644. The fourth-order valence-corrected chi connectivity index (χ4v) is 3.59. The second kappa shape index (κ2) is 8.00. The van der Waals surface area contributed by atoms with Crippen LogP contribution < -0.4 is 15.0 Å². The highest BCUT2D eigenvalue weighted by Crippen LogP contribution is 2.22. The van der Waals surface area contributed by atoms with Crippen LogP contribution in [0, 0.1) is 13.8 Å². The summed E-state index contributed by atoms with van der Waals surface area (Å²) in [5, 5.41) is 1.73. The van der Waals surface area contributed by atoms with Crippen molar-refractivity contribution < 1.29 is 17.9 Å². The fraction of sp³-hybridized carbons (Fsp3) is 0.190. The zero-order valence-electron chi connectivity index (χ0n) is 15.9. The summed E-state index contributed by atoms with van der Waals surface area (Å²) in [7, 11) is -3.91. The molecular formula is C21H22N2O4S. The molecule has 3 rings (SSSR count). The van der Waals surface area contributed by atoms with E-state index in [0.29, 0.717) is 5.75 Å². The van der Waals surface area contributed by atoms with Crippen molar-refractivity contribution in [2.24, 2.45) is 0 Å². The number of ether oxygens (including phenoxy) is 1. The normalized spacial score (nSPS) is 12.5. The molecule has 0 saturated carbocycles.